The van der Waals surface area contributed by atoms with Crippen LogP contribution in [0.1, 0.15) is 4.88 Å². The first-order valence-corrected chi connectivity index (χ1v) is 4.07. The Morgan fingerprint density at radius 2 is 2.25 bits per heavy atom. The largest absolute Gasteiger partial charge is 0.369 e. The summed E-state index contributed by atoms with van der Waals surface area (Å²) in [7, 11) is 0. The van der Waals surface area contributed by atoms with Crippen LogP contribution in [-0.2, 0) is 0 Å². The molecule has 62 valence electrons. The summed E-state index contributed by atoms with van der Waals surface area (Å²) in [6.45, 7) is 1.85. The number of nitrogens with two attached hydrogens (primary N) is 1. The quantitative estimate of drug-likeness (QED) is 0.612. The summed E-state index contributed by atoms with van der Waals surface area (Å²) >= 11 is 1.25. The van der Waals surface area contributed by atoms with Crippen molar-refractivity contribution in [3.63, 3.8) is 0 Å². The highest BCUT2D eigenvalue weighted by atomic mass is 32.1. The lowest BCUT2D eigenvalue weighted by molar-refractivity contribution is 1.18. The third-order valence-electron chi connectivity index (χ3n) is 1.52. The molecular formula is C6H6N4OS. The minimum absolute atomic E-state index is 0.135. The Bertz CT molecular complexity index is 486. The van der Waals surface area contributed by atoms with Gasteiger partial charge in [-0.25, -0.2) is 4.98 Å². The Morgan fingerprint density at radius 1 is 1.50 bits per heavy atom. The zero-order chi connectivity index (χ0) is 8.72. The van der Waals surface area contributed by atoms with Crippen LogP contribution in [0.2, 0.25) is 0 Å². The van der Waals surface area contributed by atoms with Gasteiger partial charge < -0.3 is 5.73 Å². The SMILES string of the molecule is Cc1snc2c(=O)[nH]c(N)nc12. The first-order valence-electron chi connectivity index (χ1n) is 3.30. The number of aromatic amines is 1. The number of hydrogen-bond donors (Lipinski definition) is 2. The van der Waals surface area contributed by atoms with Gasteiger partial charge in [-0.05, 0) is 18.5 Å². The summed E-state index contributed by atoms with van der Waals surface area (Å²) < 4.78 is 3.94. The topological polar surface area (TPSA) is 84.7 Å². The van der Waals surface area contributed by atoms with Crippen LogP contribution in [0.4, 0.5) is 5.95 Å². The summed E-state index contributed by atoms with van der Waals surface area (Å²) in [5, 5.41) is 0. The molecule has 5 nitrogen and oxygen atoms in total. The van der Waals surface area contributed by atoms with Crippen molar-refractivity contribution in [1.82, 2.24) is 14.3 Å². The first kappa shape index (κ1) is 7.23. The minimum atomic E-state index is -0.276. The van der Waals surface area contributed by atoms with Gasteiger partial charge in [0.2, 0.25) is 5.95 Å². The molecule has 0 amide bonds. The highest BCUT2D eigenvalue weighted by Gasteiger charge is 2.07. The van der Waals surface area contributed by atoms with Crippen molar-refractivity contribution in [1.29, 1.82) is 0 Å². The molecule has 2 aromatic rings. The maximum atomic E-state index is 11.2. The van der Waals surface area contributed by atoms with Crippen LogP contribution in [0.5, 0.6) is 0 Å². The minimum Gasteiger partial charge on any atom is -0.369 e. The van der Waals surface area contributed by atoms with Crippen molar-refractivity contribution >= 4 is 28.5 Å². The standard InChI is InChI=1S/C6H6N4OS/c1-2-3-4(10-12-2)5(11)9-6(7)8-3/h1H3,(H3,7,8,9,11). The van der Waals surface area contributed by atoms with Gasteiger partial charge in [-0.15, -0.1) is 0 Å². The monoisotopic (exact) mass is 182 g/mol. The number of hydrogen-bond acceptors (Lipinski definition) is 5. The molecule has 0 bridgehead atoms. The van der Waals surface area contributed by atoms with Gasteiger partial charge >= 0.3 is 0 Å². The average Bonchev–Trinajstić information content (AvgIpc) is 2.33. The second kappa shape index (κ2) is 2.28. The third-order valence-corrected chi connectivity index (χ3v) is 2.26. The zero-order valence-electron chi connectivity index (χ0n) is 6.29. The second-order valence-electron chi connectivity index (χ2n) is 2.39. The molecule has 0 aliphatic heterocycles. The molecule has 0 saturated heterocycles. The Labute approximate surface area is 71.4 Å². The van der Waals surface area contributed by atoms with Gasteiger partial charge in [0.25, 0.3) is 5.56 Å². The number of aryl methyl sites for hydroxylation is 1. The van der Waals surface area contributed by atoms with Crippen LogP contribution in [-0.4, -0.2) is 14.3 Å². The number of fused-ring (bicyclic) bond motifs is 1. The van der Waals surface area contributed by atoms with Crippen LogP contribution < -0.4 is 11.3 Å². The summed E-state index contributed by atoms with van der Waals surface area (Å²) in [6.07, 6.45) is 0. The lowest BCUT2D eigenvalue weighted by Crippen LogP contribution is -2.10. The van der Waals surface area contributed by atoms with Crippen molar-refractivity contribution in [3.8, 4) is 0 Å². The highest BCUT2D eigenvalue weighted by molar-refractivity contribution is 7.07. The Balaban J connectivity index is 3.03. The molecule has 6 heteroatoms. The molecule has 3 N–H and O–H groups in total. The van der Waals surface area contributed by atoms with Gasteiger partial charge in [-0.1, -0.05) is 0 Å². The van der Waals surface area contributed by atoms with E-state index in [1.807, 2.05) is 6.92 Å². The van der Waals surface area contributed by atoms with Crippen LogP contribution >= 0.6 is 11.5 Å². The van der Waals surface area contributed by atoms with E-state index in [1.54, 1.807) is 0 Å². The molecule has 0 atom stereocenters. The molecule has 0 aliphatic carbocycles. The van der Waals surface area contributed by atoms with Gasteiger partial charge in [0.15, 0.2) is 5.52 Å². The van der Waals surface area contributed by atoms with Crippen LogP contribution in [0.15, 0.2) is 4.79 Å². The fraction of sp³-hybridized carbons (Fsp3) is 0.167. The van der Waals surface area contributed by atoms with Crippen molar-refractivity contribution in [2.75, 3.05) is 5.73 Å². The van der Waals surface area contributed by atoms with Crippen molar-refractivity contribution in [2.24, 2.45) is 0 Å². The zero-order valence-corrected chi connectivity index (χ0v) is 7.10. The molecule has 0 fully saturated rings. The van der Waals surface area contributed by atoms with Gasteiger partial charge in [0, 0.05) is 4.88 Å². The number of nitrogen functional groups attached to an aromatic ring is 1. The number of nitrogens with one attached hydrogen (secondary N) is 1. The van der Waals surface area contributed by atoms with Crippen LogP contribution in [0, 0.1) is 6.92 Å². The van der Waals surface area contributed by atoms with E-state index in [1.165, 1.54) is 11.5 Å². The van der Waals surface area contributed by atoms with Crippen molar-refractivity contribution < 1.29 is 0 Å². The van der Waals surface area contributed by atoms with E-state index >= 15 is 0 Å². The number of nitrogens with zero attached hydrogens (tertiary/aromatic N) is 2. The molecular weight excluding hydrogens is 176 g/mol. The second-order valence-corrected chi connectivity index (χ2v) is 3.36. The number of H-pyrrole nitrogens is 1. The normalized spacial score (nSPS) is 10.8. The van der Waals surface area contributed by atoms with E-state index < -0.39 is 0 Å². The molecule has 0 radical (unpaired) electrons. The average molecular weight is 182 g/mol. The van der Waals surface area contributed by atoms with Crippen molar-refractivity contribution in [2.45, 2.75) is 6.92 Å². The molecule has 0 unspecified atom stereocenters. The Hall–Kier alpha value is -1.43. The van der Waals surface area contributed by atoms with Gasteiger partial charge in [0.1, 0.15) is 5.52 Å². The fourth-order valence-corrected chi connectivity index (χ4v) is 1.60. The molecule has 2 aromatic heterocycles. The molecule has 12 heavy (non-hydrogen) atoms. The lowest BCUT2D eigenvalue weighted by Gasteiger charge is -1.91. The van der Waals surface area contributed by atoms with E-state index in [2.05, 4.69) is 14.3 Å². The molecule has 0 aliphatic rings. The summed E-state index contributed by atoms with van der Waals surface area (Å²) in [6, 6.07) is 0. The molecule has 0 spiro atoms. The molecule has 0 saturated carbocycles. The predicted octanol–water partition coefficient (Wildman–Crippen LogP) is 0.270. The predicted molar refractivity (Wildman–Crippen MR) is 47.2 cm³/mol. The number of anilines is 1. The number of aromatic nitrogens is 3. The lowest BCUT2D eigenvalue weighted by atomic mass is 10.4. The van der Waals surface area contributed by atoms with E-state index in [4.69, 9.17) is 5.73 Å². The fourth-order valence-electron chi connectivity index (χ4n) is 0.972. The van der Waals surface area contributed by atoms with E-state index in [0.717, 1.165) is 4.88 Å². The molecule has 0 aromatic carbocycles. The van der Waals surface area contributed by atoms with E-state index in [9.17, 15) is 4.79 Å². The Morgan fingerprint density at radius 3 is 3.00 bits per heavy atom. The van der Waals surface area contributed by atoms with E-state index in [0.29, 0.717) is 11.0 Å². The van der Waals surface area contributed by atoms with Crippen LogP contribution in [0.25, 0.3) is 11.0 Å². The molecule has 2 rings (SSSR count). The Kier molecular flexibility index (Phi) is 1.37. The highest BCUT2D eigenvalue weighted by Crippen LogP contribution is 2.15. The smallest absolute Gasteiger partial charge is 0.279 e. The number of rotatable bonds is 0. The first-order chi connectivity index (χ1) is 5.68. The summed E-state index contributed by atoms with van der Waals surface area (Å²) in [4.78, 5) is 18.4. The molecule has 2 heterocycles. The van der Waals surface area contributed by atoms with Crippen LogP contribution in [0.3, 0.4) is 0 Å². The van der Waals surface area contributed by atoms with Gasteiger partial charge in [-0.2, -0.15) is 4.37 Å². The summed E-state index contributed by atoms with van der Waals surface area (Å²) in [5.41, 5.74) is 6.05. The van der Waals surface area contributed by atoms with E-state index in [-0.39, 0.29) is 11.5 Å². The van der Waals surface area contributed by atoms with Crippen molar-refractivity contribution in [3.05, 3.63) is 15.2 Å². The maximum Gasteiger partial charge on any atom is 0.279 e. The van der Waals surface area contributed by atoms with Gasteiger partial charge in [-0.3, -0.25) is 9.78 Å². The maximum absolute atomic E-state index is 11.2. The summed E-state index contributed by atoms with van der Waals surface area (Å²) in [5.74, 6) is 0.135. The van der Waals surface area contributed by atoms with Gasteiger partial charge in [0.05, 0.1) is 0 Å². The third kappa shape index (κ3) is 0.884.